The highest BCUT2D eigenvalue weighted by molar-refractivity contribution is 7.94. The van der Waals surface area contributed by atoms with Crippen LogP contribution in [0.1, 0.15) is 6.42 Å². The Kier molecular flexibility index (Phi) is 9.64. The van der Waals surface area contributed by atoms with Crippen LogP contribution in [-0.2, 0) is 24.0 Å². The Bertz CT molecular complexity index is 1160. The predicted molar refractivity (Wildman–Crippen MR) is 125 cm³/mol. The van der Waals surface area contributed by atoms with E-state index in [0.29, 0.717) is 19.6 Å². The average molecular weight is 520 g/mol. The molecular weight excluding hydrogens is 494 g/mol. The third kappa shape index (κ3) is 8.64. The molecule has 0 saturated heterocycles. The van der Waals surface area contributed by atoms with Gasteiger partial charge in [0.1, 0.15) is 11.4 Å². The smallest absolute Gasteiger partial charge is 0.333 e. The van der Waals surface area contributed by atoms with Crippen molar-refractivity contribution in [2.75, 3.05) is 37.3 Å². The molecule has 14 heteroatoms. The topological polar surface area (TPSA) is 149 Å². The Hall–Kier alpha value is -2.68. The molecule has 11 nitrogen and oxygen atoms in total. The number of para-hydroxylation sites is 1. The first-order valence-corrected chi connectivity index (χ1v) is 14.4. The van der Waals surface area contributed by atoms with Gasteiger partial charge >= 0.3 is 6.03 Å². The van der Waals surface area contributed by atoms with E-state index in [0.717, 1.165) is 42.4 Å². The van der Waals surface area contributed by atoms with Crippen molar-refractivity contribution in [2.24, 2.45) is 0 Å². The maximum absolute atomic E-state index is 12.1. The number of hydrogen-bond acceptors (Lipinski definition) is 10. The van der Waals surface area contributed by atoms with Gasteiger partial charge < -0.3 is 14.9 Å². The van der Waals surface area contributed by atoms with E-state index in [1.807, 2.05) is 30.3 Å². The number of rotatable bonds is 12. The zero-order valence-electron chi connectivity index (χ0n) is 18.2. The average Bonchev–Trinajstić information content (AvgIpc) is 2.75. The monoisotopic (exact) mass is 519 g/mol. The van der Waals surface area contributed by atoms with Crippen molar-refractivity contribution in [1.29, 1.82) is 0 Å². The molecular formula is C19H25N3O8S3. The van der Waals surface area contributed by atoms with E-state index in [1.54, 1.807) is 6.26 Å². The first-order valence-electron chi connectivity index (χ1n) is 9.45. The maximum Gasteiger partial charge on any atom is 0.333 e. The van der Waals surface area contributed by atoms with Crippen LogP contribution in [0.4, 0.5) is 10.5 Å². The van der Waals surface area contributed by atoms with Crippen LogP contribution in [0.3, 0.4) is 0 Å². The Morgan fingerprint density at radius 3 is 2.24 bits per heavy atom. The van der Waals surface area contributed by atoms with Crippen LogP contribution in [0.15, 0.2) is 52.3 Å². The standard InChI is InChI=1S/C19H25N3O8S3/c1-31-30-29-16-13-18(33(3,26)27)17(32(2,24)25)12-15(16)21-22-19(23)20-10-7-11-28-14-8-5-4-6-9-14/h4-6,8-9,12-13,21H,7,10-11H2,1-3H3,(H2,20,22,23). The highest BCUT2D eigenvalue weighted by atomic mass is 32.2. The van der Waals surface area contributed by atoms with Crippen LogP contribution in [0, 0.1) is 0 Å². The number of ether oxygens (including phenoxy) is 1. The van der Waals surface area contributed by atoms with Crippen molar-refractivity contribution in [3.63, 3.8) is 0 Å². The van der Waals surface area contributed by atoms with Gasteiger partial charge in [-0.05, 0) is 24.6 Å². The summed E-state index contributed by atoms with van der Waals surface area (Å²) in [5, 5.41) is 2.60. The van der Waals surface area contributed by atoms with E-state index in [1.165, 1.54) is 0 Å². The van der Waals surface area contributed by atoms with Gasteiger partial charge in [0.25, 0.3) is 0 Å². The summed E-state index contributed by atoms with van der Waals surface area (Å²) < 4.78 is 58.8. The first kappa shape index (κ1) is 26.6. The molecule has 2 aromatic carbocycles. The molecule has 0 atom stereocenters. The van der Waals surface area contributed by atoms with Gasteiger partial charge in [0.2, 0.25) is 0 Å². The number of carbonyl (C=O) groups excluding carboxylic acids is 1. The molecule has 0 saturated carbocycles. The fourth-order valence-electron chi connectivity index (χ4n) is 2.51. The fraction of sp³-hybridized carbons (Fsp3) is 0.316. The van der Waals surface area contributed by atoms with E-state index in [-0.39, 0.29) is 11.4 Å². The molecule has 33 heavy (non-hydrogen) atoms. The van der Waals surface area contributed by atoms with Gasteiger partial charge in [-0.15, -0.1) is 4.33 Å². The lowest BCUT2D eigenvalue weighted by Gasteiger charge is -2.16. The number of benzene rings is 2. The molecule has 0 aromatic heterocycles. The Morgan fingerprint density at radius 1 is 1.00 bits per heavy atom. The van der Waals surface area contributed by atoms with Gasteiger partial charge in [0, 0.05) is 43.4 Å². The molecule has 0 aliphatic rings. The summed E-state index contributed by atoms with van der Waals surface area (Å²) >= 11 is 0.837. The number of amides is 2. The minimum atomic E-state index is -3.92. The molecule has 2 rings (SSSR count). The molecule has 3 N–H and O–H groups in total. The van der Waals surface area contributed by atoms with Crippen molar-refractivity contribution < 1.29 is 35.6 Å². The third-order valence-electron chi connectivity index (χ3n) is 3.97. The largest absolute Gasteiger partial charge is 0.494 e. The van der Waals surface area contributed by atoms with E-state index in [9.17, 15) is 21.6 Å². The van der Waals surface area contributed by atoms with Gasteiger partial charge in [0.15, 0.2) is 25.4 Å². The number of nitrogens with one attached hydrogen (secondary N) is 3. The van der Waals surface area contributed by atoms with Crippen LogP contribution >= 0.6 is 12.0 Å². The number of sulfone groups is 2. The molecule has 0 radical (unpaired) electrons. The Labute approximate surface area is 197 Å². The lowest BCUT2D eigenvalue weighted by atomic mass is 10.3. The molecule has 2 amide bonds. The van der Waals surface area contributed by atoms with Crippen LogP contribution < -0.4 is 25.8 Å². The Morgan fingerprint density at radius 2 is 1.64 bits per heavy atom. The van der Waals surface area contributed by atoms with Crippen molar-refractivity contribution in [1.82, 2.24) is 10.7 Å². The lowest BCUT2D eigenvalue weighted by molar-refractivity contribution is -0.0766. The molecule has 2 aromatic rings. The summed E-state index contributed by atoms with van der Waals surface area (Å²) in [6.45, 7) is 0.702. The highest BCUT2D eigenvalue weighted by Crippen LogP contribution is 2.34. The number of hydrazine groups is 1. The zero-order chi connectivity index (χ0) is 24.5. The number of hydrogen-bond donors (Lipinski definition) is 3. The SMILES string of the molecule is CSOOc1cc(S(C)(=O)=O)c(S(C)(=O)=O)cc1NNC(=O)NCCCOc1ccccc1. The van der Waals surface area contributed by atoms with Crippen molar-refractivity contribution in [3.8, 4) is 11.5 Å². The Balaban J connectivity index is 2.03. The molecule has 0 bridgehead atoms. The molecule has 0 aliphatic carbocycles. The lowest BCUT2D eigenvalue weighted by Crippen LogP contribution is -2.39. The van der Waals surface area contributed by atoms with E-state index in [4.69, 9.17) is 14.0 Å². The fourth-order valence-corrected chi connectivity index (χ4v) is 5.06. The summed E-state index contributed by atoms with van der Waals surface area (Å²) in [6.07, 6.45) is 3.84. The zero-order valence-corrected chi connectivity index (χ0v) is 20.6. The minimum Gasteiger partial charge on any atom is -0.494 e. The second-order valence-electron chi connectivity index (χ2n) is 6.68. The summed E-state index contributed by atoms with van der Waals surface area (Å²) in [7, 11) is -7.83. The van der Waals surface area contributed by atoms with E-state index in [2.05, 4.69) is 16.2 Å². The van der Waals surface area contributed by atoms with Crippen LogP contribution in [0.5, 0.6) is 11.5 Å². The van der Waals surface area contributed by atoms with Gasteiger partial charge in [0.05, 0.1) is 16.4 Å². The van der Waals surface area contributed by atoms with Gasteiger partial charge in [-0.3, -0.25) is 10.9 Å². The van der Waals surface area contributed by atoms with Crippen molar-refractivity contribution in [3.05, 3.63) is 42.5 Å². The molecule has 0 heterocycles. The quantitative estimate of drug-likeness (QED) is 0.165. The summed E-state index contributed by atoms with van der Waals surface area (Å²) in [5.41, 5.74) is 4.82. The highest BCUT2D eigenvalue weighted by Gasteiger charge is 2.25. The van der Waals surface area contributed by atoms with Crippen LogP contribution in [0.25, 0.3) is 0 Å². The number of anilines is 1. The normalized spacial score (nSPS) is 11.5. The van der Waals surface area contributed by atoms with Gasteiger partial charge in [-0.2, -0.15) is 0 Å². The second-order valence-corrected chi connectivity index (χ2v) is 11.1. The molecule has 0 spiro atoms. The summed E-state index contributed by atoms with van der Waals surface area (Å²) in [6, 6.07) is 10.7. The van der Waals surface area contributed by atoms with Crippen LogP contribution in [0.2, 0.25) is 0 Å². The number of urea groups is 1. The summed E-state index contributed by atoms with van der Waals surface area (Å²) in [4.78, 5) is 16.2. The number of carbonyl (C=O) groups is 1. The van der Waals surface area contributed by atoms with Crippen LogP contribution in [-0.4, -0.2) is 54.8 Å². The van der Waals surface area contributed by atoms with Gasteiger partial charge in [-0.25, -0.2) is 21.6 Å². The van der Waals surface area contributed by atoms with Crippen molar-refractivity contribution >= 4 is 43.4 Å². The van der Waals surface area contributed by atoms with Gasteiger partial charge in [-0.1, -0.05) is 18.2 Å². The minimum absolute atomic E-state index is 0.0283. The van der Waals surface area contributed by atoms with Crippen molar-refractivity contribution in [2.45, 2.75) is 16.2 Å². The maximum atomic E-state index is 12.1. The molecule has 0 fully saturated rings. The predicted octanol–water partition coefficient (Wildman–Crippen LogP) is 2.18. The molecule has 0 unspecified atom stereocenters. The third-order valence-corrected chi connectivity index (χ3v) is 6.57. The van der Waals surface area contributed by atoms with E-state index < -0.39 is 35.5 Å². The molecule has 0 aliphatic heterocycles. The van der Waals surface area contributed by atoms with E-state index >= 15 is 0 Å². The second kappa shape index (κ2) is 12.0. The molecule has 182 valence electrons. The first-order chi connectivity index (χ1) is 15.5. The summed E-state index contributed by atoms with van der Waals surface area (Å²) in [5.74, 6) is 0.580.